The Morgan fingerprint density at radius 3 is 2.50 bits per heavy atom. The van der Waals surface area contributed by atoms with Gasteiger partial charge in [0.1, 0.15) is 6.61 Å². The smallest absolute Gasteiger partial charge is 0.246 e. The van der Waals surface area contributed by atoms with Gasteiger partial charge in [-0.15, -0.1) is 0 Å². The molecule has 72 valence electrons. The van der Waals surface area contributed by atoms with E-state index >= 15 is 0 Å². The second kappa shape index (κ2) is 6.43. The second-order valence-corrected chi connectivity index (χ2v) is 4.51. The maximum Gasteiger partial charge on any atom is 0.246 e. The molecule has 1 N–H and O–H groups in total. The topological polar surface area (TPSA) is 38.3 Å². The van der Waals surface area contributed by atoms with Gasteiger partial charge in [0.05, 0.1) is 6.10 Å². The average Bonchev–Trinajstić information content (AvgIpc) is 1.96. The molecule has 0 aromatic rings. The van der Waals surface area contributed by atoms with Crippen molar-refractivity contribution >= 4 is 21.8 Å². The van der Waals surface area contributed by atoms with Crippen molar-refractivity contribution in [3.8, 4) is 0 Å². The van der Waals surface area contributed by atoms with E-state index in [9.17, 15) is 4.79 Å². The van der Waals surface area contributed by atoms with Gasteiger partial charge in [-0.2, -0.15) is 0 Å². The zero-order valence-electron chi connectivity index (χ0n) is 7.76. The van der Waals surface area contributed by atoms with E-state index in [2.05, 4.69) is 21.2 Å². The van der Waals surface area contributed by atoms with E-state index in [1.165, 1.54) is 0 Å². The summed E-state index contributed by atoms with van der Waals surface area (Å²) >= 11 is 3.33. The monoisotopic (exact) mass is 237 g/mol. The first-order valence-corrected chi connectivity index (χ1v) is 4.96. The molecule has 0 radical (unpaired) electrons. The fourth-order valence-corrected chi connectivity index (χ4v) is 0.710. The number of ether oxygens (including phenoxy) is 1. The molecule has 0 heterocycles. The molecular formula is C8H16BrNO2. The summed E-state index contributed by atoms with van der Waals surface area (Å²) < 4.78 is 5.11. The first kappa shape index (κ1) is 11.9. The summed E-state index contributed by atoms with van der Waals surface area (Å²) in [6, 6.07) is 0. The minimum atomic E-state index is -0.0602. The summed E-state index contributed by atoms with van der Waals surface area (Å²) in [4.78, 5) is 11.3. The fraction of sp³-hybridized carbons (Fsp3) is 0.875. The largest absolute Gasteiger partial charge is 0.369 e. The number of carbonyl (C=O) groups excluding carboxylic acids is 1. The Morgan fingerprint density at radius 1 is 1.50 bits per heavy atom. The van der Waals surface area contributed by atoms with Crippen molar-refractivity contribution < 1.29 is 9.53 Å². The summed E-state index contributed by atoms with van der Waals surface area (Å²) in [5.74, 6) is -0.0602. The van der Waals surface area contributed by atoms with Gasteiger partial charge in [0, 0.05) is 11.4 Å². The van der Waals surface area contributed by atoms with Gasteiger partial charge in [-0.05, 0) is 13.8 Å². The van der Waals surface area contributed by atoms with Crippen molar-refractivity contribution in [1.82, 2.24) is 5.32 Å². The summed E-state index contributed by atoms with van der Waals surface area (Å²) in [7, 11) is 0. The predicted octanol–water partition coefficient (Wildman–Crippen LogP) is 1.31. The van der Waals surface area contributed by atoms with Crippen LogP contribution in [-0.4, -0.2) is 30.0 Å². The Balaban J connectivity index is 3.34. The van der Waals surface area contributed by atoms with E-state index in [4.69, 9.17) is 4.74 Å². The van der Waals surface area contributed by atoms with Crippen LogP contribution in [0.3, 0.4) is 0 Å². The molecule has 0 aromatic heterocycles. The van der Waals surface area contributed by atoms with E-state index in [-0.39, 0.29) is 18.6 Å². The molecule has 0 aliphatic rings. The number of nitrogens with one attached hydrogen (secondary N) is 1. The lowest BCUT2D eigenvalue weighted by Crippen LogP contribution is -2.32. The van der Waals surface area contributed by atoms with Crippen LogP contribution >= 0.6 is 15.9 Å². The van der Waals surface area contributed by atoms with Crippen LogP contribution in [0.4, 0.5) is 0 Å². The first-order chi connectivity index (χ1) is 5.52. The molecule has 1 atom stereocenters. The minimum Gasteiger partial charge on any atom is -0.369 e. The van der Waals surface area contributed by atoms with Crippen LogP contribution in [0.15, 0.2) is 0 Å². The van der Waals surface area contributed by atoms with Crippen LogP contribution in [0.1, 0.15) is 20.8 Å². The van der Waals surface area contributed by atoms with Crippen molar-refractivity contribution in [2.75, 3.05) is 13.2 Å². The standard InChI is InChI=1S/C8H16BrNO2/c1-6(2)12-5-8(11)10-4-7(3)9/h6-7H,4-5H2,1-3H3,(H,10,11). The van der Waals surface area contributed by atoms with E-state index in [1.54, 1.807) is 0 Å². The molecule has 0 aliphatic carbocycles. The van der Waals surface area contributed by atoms with Crippen molar-refractivity contribution in [2.24, 2.45) is 0 Å². The van der Waals surface area contributed by atoms with Crippen molar-refractivity contribution in [3.63, 3.8) is 0 Å². The Bertz CT molecular complexity index is 123. The fourth-order valence-electron chi connectivity index (χ4n) is 0.548. The van der Waals surface area contributed by atoms with Crippen LogP contribution in [0.2, 0.25) is 0 Å². The van der Waals surface area contributed by atoms with Crippen molar-refractivity contribution in [3.05, 3.63) is 0 Å². The minimum absolute atomic E-state index is 0.0602. The molecule has 0 saturated heterocycles. The van der Waals surface area contributed by atoms with Crippen LogP contribution < -0.4 is 5.32 Å². The quantitative estimate of drug-likeness (QED) is 0.733. The molecule has 3 nitrogen and oxygen atoms in total. The SMILES string of the molecule is CC(Br)CNC(=O)COC(C)C. The third kappa shape index (κ3) is 8.01. The number of carbonyl (C=O) groups is 1. The van der Waals surface area contributed by atoms with Crippen molar-refractivity contribution in [1.29, 1.82) is 0 Å². The van der Waals surface area contributed by atoms with E-state index in [0.717, 1.165) is 0 Å². The normalized spacial score (nSPS) is 13.1. The lowest BCUT2D eigenvalue weighted by atomic mass is 10.4. The third-order valence-electron chi connectivity index (χ3n) is 1.13. The third-order valence-corrected chi connectivity index (χ3v) is 1.45. The highest BCUT2D eigenvalue weighted by molar-refractivity contribution is 9.09. The Labute approximate surface area is 82.0 Å². The summed E-state index contributed by atoms with van der Waals surface area (Å²) in [6.45, 7) is 6.57. The lowest BCUT2D eigenvalue weighted by molar-refractivity contribution is -0.127. The van der Waals surface area contributed by atoms with Crippen LogP contribution in [-0.2, 0) is 9.53 Å². The summed E-state index contributed by atoms with van der Waals surface area (Å²) in [5.41, 5.74) is 0. The molecule has 0 aliphatic heterocycles. The molecule has 0 rings (SSSR count). The van der Waals surface area contributed by atoms with Gasteiger partial charge in [0.15, 0.2) is 0 Å². The molecule has 0 fully saturated rings. The Kier molecular flexibility index (Phi) is 6.38. The highest BCUT2D eigenvalue weighted by atomic mass is 79.9. The molecule has 0 saturated carbocycles. The zero-order chi connectivity index (χ0) is 9.56. The van der Waals surface area contributed by atoms with Gasteiger partial charge in [-0.1, -0.05) is 22.9 Å². The van der Waals surface area contributed by atoms with E-state index < -0.39 is 0 Å². The van der Waals surface area contributed by atoms with Gasteiger partial charge < -0.3 is 10.1 Å². The molecule has 4 heteroatoms. The average molecular weight is 238 g/mol. The van der Waals surface area contributed by atoms with Gasteiger partial charge in [-0.3, -0.25) is 4.79 Å². The van der Waals surface area contributed by atoms with Gasteiger partial charge in [0.2, 0.25) is 5.91 Å². The molecule has 0 spiro atoms. The van der Waals surface area contributed by atoms with Crippen LogP contribution in [0.5, 0.6) is 0 Å². The Morgan fingerprint density at radius 2 is 2.08 bits per heavy atom. The van der Waals surface area contributed by atoms with Gasteiger partial charge in [0.25, 0.3) is 0 Å². The van der Waals surface area contributed by atoms with Gasteiger partial charge in [-0.25, -0.2) is 0 Å². The number of halogens is 1. The molecule has 0 aromatic carbocycles. The molecular weight excluding hydrogens is 222 g/mol. The number of hydrogen-bond donors (Lipinski definition) is 1. The highest BCUT2D eigenvalue weighted by Crippen LogP contribution is 1.93. The maximum absolute atomic E-state index is 11.0. The molecule has 12 heavy (non-hydrogen) atoms. The number of rotatable bonds is 5. The molecule has 1 amide bonds. The van der Waals surface area contributed by atoms with E-state index in [1.807, 2.05) is 20.8 Å². The van der Waals surface area contributed by atoms with Gasteiger partial charge >= 0.3 is 0 Å². The first-order valence-electron chi connectivity index (χ1n) is 4.04. The lowest BCUT2D eigenvalue weighted by Gasteiger charge is -2.08. The molecule has 1 unspecified atom stereocenters. The second-order valence-electron chi connectivity index (χ2n) is 2.94. The maximum atomic E-state index is 11.0. The number of alkyl halides is 1. The molecule has 0 bridgehead atoms. The number of hydrogen-bond acceptors (Lipinski definition) is 2. The van der Waals surface area contributed by atoms with Crippen LogP contribution in [0, 0.1) is 0 Å². The Hall–Kier alpha value is -0.0900. The summed E-state index contributed by atoms with van der Waals surface area (Å²) in [5, 5.41) is 2.73. The number of amides is 1. The predicted molar refractivity (Wildman–Crippen MR) is 52.5 cm³/mol. The zero-order valence-corrected chi connectivity index (χ0v) is 9.35. The van der Waals surface area contributed by atoms with Crippen molar-refractivity contribution in [2.45, 2.75) is 31.7 Å². The highest BCUT2D eigenvalue weighted by Gasteiger charge is 2.03. The van der Waals surface area contributed by atoms with Crippen LogP contribution in [0.25, 0.3) is 0 Å². The summed E-state index contributed by atoms with van der Waals surface area (Å²) in [6.07, 6.45) is 0.108. The van der Waals surface area contributed by atoms with E-state index in [0.29, 0.717) is 11.4 Å².